The standard InChI is InChI=1S/C50H32N2/c1-3-16-37(17-4-1)51(38-18-5-2-6-19-38)39-27-29-40(30-28-39)52-46-24-10-9-20-42(46)49-43-22-11-15-36-32-45(35-26-25-33-13-7-8-14-34(33)31-35)41-21-12-23-44(50(49)52)48(41)47(36)43/h1-32H. The fourth-order valence-electron chi connectivity index (χ4n) is 8.64. The van der Waals surface area contributed by atoms with E-state index in [0.717, 1.165) is 22.7 Å². The first-order valence-electron chi connectivity index (χ1n) is 17.9. The van der Waals surface area contributed by atoms with E-state index in [9.17, 15) is 0 Å². The van der Waals surface area contributed by atoms with Gasteiger partial charge in [0.05, 0.1) is 11.0 Å². The summed E-state index contributed by atoms with van der Waals surface area (Å²) in [5, 5.41) is 12.9. The molecule has 0 unspecified atom stereocenters. The lowest BCUT2D eigenvalue weighted by molar-refractivity contribution is 1.18. The van der Waals surface area contributed by atoms with E-state index in [1.54, 1.807) is 0 Å². The maximum absolute atomic E-state index is 2.49. The Hall–Kier alpha value is -6.90. The number of para-hydroxylation sites is 3. The van der Waals surface area contributed by atoms with E-state index in [-0.39, 0.29) is 0 Å². The van der Waals surface area contributed by atoms with Crippen molar-refractivity contribution in [1.82, 2.24) is 4.57 Å². The van der Waals surface area contributed by atoms with Gasteiger partial charge in [-0.2, -0.15) is 0 Å². The highest BCUT2D eigenvalue weighted by molar-refractivity contribution is 6.39. The van der Waals surface area contributed by atoms with Crippen LogP contribution in [0.15, 0.2) is 194 Å². The molecule has 2 nitrogen and oxygen atoms in total. The number of benzene rings is 10. The SMILES string of the molecule is c1ccc(N(c2ccccc2)c2ccc(-n3c4ccccc4c4c5cccc6cc(-c7ccc8ccccc8c7)c7cccc(c7c65)c43)cc2)cc1. The zero-order valence-corrected chi connectivity index (χ0v) is 28.4. The van der Waals surface area contributed by atoms with E-state index in [1.807, 2.05) is 0 Å². The largest absolute Gasteiger partial charge is 0.311 e. The van der Waals surface area contributed by atoms with Gasteiger partial charge in [-0.1, -0.05) is 127 Å². The Labute approximate surface area is 301 Å². The van der Waals surface area contributed by atoms with Crippen molar-refractivity contribution in [3.8, 4) is 16.8 Å². The van der Waals surface area contributed by atoms with E-state index >= 15 is 0 Å². The molecule has 0 fully saturated rings. The van der Waals surface area contributed by atoms with Crippen LogP contribution < -0.4 is 4.90 Å². The summed E-state index contributed by atoms with van der Waals surface area (Å²) in [6.07, 6.45) is 0. The summed E-state index contributed by atoms with van der Waals surface area (Å²) < 4.78 is 2.49. The Balaban J connectivity index is 1.19. The van der Waals surface area contributed by atoms with Gasteiger partial charge in [0.25, 0.3) is 0 Å². The first kappa shape index (κ1) is 28.9. The average molecular weight is 661 g/mol. The Morgan fingerprint density at radius 2 is 0.942 bits per heavy atom. The highest BCUT2D eigenvalue weighted by Crippen LogP contribution is 2.48. The van der Waals surface area contributed by atoms with Crippen molar-refractivity contribution >= 4 is 82.0 Å². The number of hydrogen-bond acceptors (Lipinski definition) is 1. The first-order valence-corrected chi connectivity index (χ1v) is 17.9. The smallest absolute Gasteiger partial charge is 0.0626 e. The third-order valence-corrected chi connectivity index (χ3v) is 10.9. The van der Waals surface area contributed by atoms with Crippen molar-refractivity contribution < 1.29 is 0 Å². The van der Waals surface area contributed by atoms with Crippen LogP contribution in [0.25, 0.3) is 81.7 Å². The van der Waals surface area contributed by atoms with Crippen LogP contribution in [0.4, 0.5) is 17.1 Å². The number of anilines is 3. The molecule has 10 aromatic carbocycles. The second-order valence-electron chi connectivity index (χ2n) is 13.7. The van der Waals surface area contributed by atoms with Gasteiger partial charge in [-0.15, -0.1) is 0 Å². The molecular formula is C50H32N2. The van der Waals surface area contributed by atoms with Crippen molar-refractivity contribution in [2.45, 2.75) is 0 Å². The lowest BCUT2D eigenvalue weighted by atomic mass is 9.87. The van der Waals surface area contributed by atoms with Crippen molar-refractivity contribution in [3.05, 3.63) is 194 Å². The Morgan fingerprint density at radius 1 is 0.346 bits per heavy atom. The van der Waals surface area contributed by atoms with Crippen LogP contribution >= 0.6 is 0 Å². The highest BCUT2D eigenvalue weighted by atomic mass is 15.1. The zero-order chi connectivity index (χ0) is 34.2. The van der Waals surface area contributed by atoms with Gasteiger partial charge >= 0.3 is 0 Å². The maximum Gasteiger partial charge on any atom is 0.0626 e. The van der Waals surface area contributed by atoms with Crippen LogP contribution in [0.3, 0.4) is 0 Å². The lowest BCUT2D eigenvalue weighted by Gasteiger charge is -2.25. The molecule has 2 heteroatoms. The number of hydrogen-bond donors (Lipinski definition) is 0. The number of fused-ring (bicyclic) bond motifs is 6. The van der Waals surface area contributed by atoms with E-state index in [2.05, 4.69) is 204 Å². The number of nitrogens with zero attached hydrogens (tertiary/aromatic N) is 2. The molecule has 11 aromatic rings. The van der Waals surface area contributed by atoms with Crippen LogP contribution in [-0.4, -0.2) is 4.57 Å². The van der Waals surface area contributed by atoms with Crippen molar-refractivity contribution in [2.75, 3.05) is 4.90 Å². The van der Waals surface area contributed by atoms with Gasteiger partial charge in [-0.25, -0.2) is 0 Å². The third-order valence-electron chi connectivity index (χ3n) is 10.9. The molecule has 0 aliphatic rings. The van der Waals surface area contributed by atoms with Crippen LogP contribution in [-0.2, 0) is 0 Å². The summed E-state index contributed by atoms with van der Waals surface area (Å²) in [5.41, 5.74) is 9.48. The van der Waals surface area contributed by atoms with E-state index in [0.29, 0.717) is 0 Å². The Kier molecular flexibility index (Phi) is 6.28. The molecule has 0 radical (unpaired) electrons. The van der Waals surface area contributed by atoms with Crippen LogP contribution in [0.2, 0.25) is 0 Å². The van der Waals surface area contributed by atoms with Crippen LogP contribution in [0, 0.1) is 0 Å². The summed E-state index contributed by atoms with van der Waals surface area (Å²) in [5.74, 6) is 0. The molecule has 1 aromatic heterocycles. The molecule has 0 aliphatic heterocycles. The van der Waals surface area contributed by atoms with Gasteiger partial charge in [0.2, 0.25) is 0 Å². The predicted octanol–water partition coefficient (Wildman–Crippen LogP) is 14.0. The summed E-state index contributed by atoms with van der Waals surface area (Å²) in [7, 11) is 0. The summed E-state index contributed by atoms with van der Waals surface area (Å²) in [6.45, 7) is 0. The van der Waals surface area contributed by atoms with E-state index in [4.69, 9.17) is 0 Å². The van der Waals surface area contributed by atoms with Gasteiger partial charge in [0, 0.05) is 44.3 Å². The van der Waals surface area contributed by atoms with Gasteiger partial charge in [0.1, 0.15) is 0 Å². The molecule has 11 rings (SSSR count). The van der Waals surface area contributed by atoms with Crippen LogP contribution in [0.5, 0.6) is 0 Å². The summed E-state index contributed by atoms with van der Waals surface area (Å²) in [4.78, 5) is 2.32. The molecule has 0 atom stereocenters. The summed E-state index contributed by atoms with van der Waals surface area (Å²) >= 11 is 0. The van der Waals surface area contributed by atoms with Gasteiger partial charge in [-0.05, 0) is 110 Å². The van der Waals surface area contributed by atoms with Gasteiger partial charge in [-0.3, -0.25) is 0 Å². The van der Waals surface area contributed by atoms with Gasteiger partial charge < -0.3 is 9.47 Å². The number of rotatable bonds is 5. The third kappa shape index (κ3) is 4.25. The molecule has 0 saturated carbocycles. The predicted molar refractivity (Wildman–Crippen MR) is 222 cm³/mol. The minimum Gasteiger partial charge on any atom is -0.311 e. The van der Waals surface area contributed by atoms with E-state index in [1.165, 1.54) is 76.0 Å². The van der Waals surface area contributed by atoms with Gasteiger partial charge in [0.15, 0.2) is 0 Å². The minimum atomic E-state index is 1.11. The summed E-state index contributed by atoms with van der Waals surface area (Å²) in [6, 6.07) is 70.8. The fourth-order valence-corrected chi connectivity index (χ4v) is 8.64. The van der Waals surface area contributed by atoms with Crippen molar-refractivity contribution in [2.24, 2.45) is 0 Å². The first-order chi connectivity index (χ1) is 25.8. The Morgan fingerprint density at radius 3 is 1.73 bits per heavy atom. The fraction of sp³-hybridized carbons (Fsp3) is 0. The van der Waals surface area contributed by atoms with Crippen molar-refractivity contribution in [3.63, 3.8) is 0 Å². The number of aromatic nitrogens is 1. The van der Waals surface area contributed by atoms with Crippen molar-refractivity contribution in [1.29, 1.82) is 0 Å². The molecule has 0 bridgehead atoms. The lowest BCUT2D eigenvalue weighted by Crippen LogP contribution is -2.09. The zero-order valence-electron chi connectivity index (χ0n) is 28.4. The minimum absolute atomic E-state index is 1.11. The molecule has 0 aliphatic carbocycles. The molecule has 52 heavy (non-hydrogen) atoms. The maximum atomic E-state index is 2.49. The van der Waals surface area contributed by atoms with Crippen LogP contribution in [0.1, 0.15) is 0 Å². The average Bonchev–Trinajstić information content (AvgIpc) is 3.57. The monoisotopic (exact) mass is 660 g/mol. The molecule has 1 heterocycles. The molecule has 0 saturated heterocycles. The second kappa shape index (κ2) is 11.3. The molecule has 0 spiro atoms. The molecule has 0 amide bonds. The molecule has 242 valence electrons. The molecular weight excluding hydrogens is 629 g/mol. The molecule has 0 N–H and O–H groups in total. The normalized spacial score (nSPS) is 11.8. The Bertz CT molecular complexity index is 3060. The quantitative estimate of drug-likeness (QED) is 0.167. The van der Waals surface area contributed by atoms with E-state index < -0.39 is 0 Å². The highest BCUT2D eigenvalue weighted by Gasteiger charge is 2.22. The second-order valence-corrected chi connectivity index (χ2v) is 13.7. The topological polar surface area (TPSA) is 8.17 Å².